The Balaban J connectivity index is 1.64. The average molecular weight is 312 g/mol. The lowest BCUT2D eigenvalue weighted by Crippen LogP contribution is -2.54. The third-order valence-corrected chi connectivity index (χ3v) is 3.95. The molecule has 3 atom stereocenters. The molecule has 1 aromatic heterocycles. The molecule has 3 unspecified atom stereocenters. The summed E-state index contributed by atoms with van der Waals surface area (Å²) < 4.78 is 10.6. The smallest absolute Gasteiger partial charge is 0.129 e. The predicted octanol–water partition coefficient (Wildman–Crippen LogP) is 0.544. The van der Waals surface area contributed by atoms with Crippen molar-refractivity contribution in [2.75, 3.05) is 39.3 Å². The molecule has 2 N–H and O–H groups in total. The minimum Gasteiger partial charge on any atom is -0.467 e. The standard InChI is InChI=1S/C16H28N2O4/c1-13-8-17(5-6-18(13)9-14(2)19)10-15(20)11-21-12-16-4-3-7-22-16/h3-4,7,13-15,19-20H,5-6,8-12H2,1-2H3. The van der Waals surface area contributed by atoms with E-state index in [1.807, 2.05) is 19.1 Å². The van der Waals surface area contributed by atoms with Crippen molar-refractivity contribution >= 4 is 0 Å². The summed E-state index contributed by atoms with van der Waals surface area (Å²) in [7, 11) is 0. The number of nitrogens with zero attached hydrogens (tertiary/aromatic N) is 2. The lowest BCUT2D eigenvalue weighted by atomic mass is 10.1. The van der Waals surface area contributed by atoms with Crippen LogP contribution in [-0.2, 0) is 11.3 Å². The number of aliphatic hydroxyl groups is 2. The molecule has 22 heavy (non-hydrogen) atoms. The van der Waals surface area contributed by atoms with Gasteiger partial charge in [-0.2, -0.15) is 0 Å². The Morgan fingerprint density at radius 3 is 2.82 bits per heavy atom. The highest BCUT2D eigenvalue weighted by atomic mass is 16.5. The largest absolute Gasteiger partial charge is 0.467 e. The van der Waals surface area contributed by atoms with Crippen LogP contribution in [0.5, 0.6) is 0 Å². The van der Waals surface area contributed by atoms with Gasteiger partial charge in [0.05, 0.1) is 25.1 Å². The first-order valence-electron chi connectivity index (χ1n) is 7.97. The zero-order valence-corrected chi connectivity index (χ0v) is 13.5. The molecule has 1 aromatic rings. The van der Waals surface area contributed by atoms with Crippen LogP contribution < -0.4 is 0 Å². The fraction of sp³-hybridized carbons (Fsp3) is 0.750. The highest BCUT2D eigenvalue weighted by Gasteiger charge is 2.25. The molecule has 2 heterocycles. The molecule has 0 spiro atoms. The van der Waals surface area contributed by atoms with Gasteiger partial charge < -0.3 is 19.4 Å². The maximum atomic E-state index is 10.1. The van der Waals surface area contributed by atoms with Crippen molar-refractivity contribution in [1.82, 2.24) is 9.80 Å². The van der Waals surface area contributed by atoms with Crippen LogP contribution in [0.3, 0.4) is 0 Å². The lowest BCUT2D eigenvalue weighted by Gasteiger charge is -2.40. The second-order valence-corrected chi connectivity index (χ2v) is 6.20. The minimum atomic E-state index is -0.495. The Morgan fingerprint density at radius 1 is 1.36 bits per heavy atom. The van der Waals surface area contributed by atoms with Gasteiger partial charge in [-0.05, 0) is 26.0 Å². The van der Waals surface area contributed by atoms with Crippen molar-refractivity contribution < 1.29 is 19.4 Å². The van der Waals surface area contributed by atoms with Gasteiger partial charge in [0.2, 0.25) is 0 Å². The Bertz CT molecular complexity index is 410. The number of ether oxygens (including phenoxy) is 1. The van der Waals surface area contributed by atoms with Crippen molar-refractivity contribution in [3.8, 4) is 0 Å². The summed E-state index contributed by atoms with van der Waals surface area (Å²) in [5.41, 5.74) is 0. The monoisotopic (exact) mass is 312 g/mol. The Labute approximate surface area is 132 Å². The van der Waals surface area contributed by atoms with Crippen LogP contribution >= 0.6 is 0 Å². The van der Waals surface area contributed by atoms with Crippen LogP contribution in [0.1, 0.15) is 19.6 Å². The van der Waals surface area contributed by atoms with Gasteiger partial charge in [0.15, 0.2) is 0 Å². The van der Waals surface area contributed by atoms with Crippen molar-refractivity contribution in [3.63, 3.8) is 0 Å². The maximum absolute atomic E-state index is 10.1. The number of hydrogen-bond donors (Lipinski definition) is 2. The molecule has 1 aliphatic heterocycles. The van der Waals surface area contributed by atoms with E-state index in [1.165, 1.54) is 0 Å². The Hall–Kier alpha value is -0.920. The van der Waals surface area contributed by atoms with Gasteiger partial charge in [-0.25, -0.2) is 0 Å². The molecule has 6 heteroatoms. The highest BCUT2D eigenvalue weighted by Crippen LogP contribution is 2.11. The molecule has 1 fully saturated rings. The average Bonchev–Trinajstić information content (AvgIpc) is 2.95. The normalized spacial score (nSPS) is 23.5. The molecule has 0 bridgehead atoms. The summed E-state index contributed by atoms with van der Waals surface area (Å²) in [6.07, 6.45) is 0.823. The van der Waals surface area contributed by atoms with Crippen LogP contribution in [0.25, 0.3) is 0 Å². The summed E-state index contributed by atoms with van der Waals surface area (Å²) in [6.45, 7) is 8.74. The molecule has 126 valence electrons. The molecule has 6 nitrogen and oxygen atoms in total. The molecular formula is C16H28N2O4. The molecule has 1 saturated heterocycles. The molecule has 0 amide bonds. The van der Waals surface area contributed by atoms with Gasteiger partial charge in [-0.3, -0.25) is 9.80 Å². The van der Waals surface area contributed by atoms with E-state index in [0.717, 1.165) is 25.4 Å². The maximum Gasteiger partial charge on any atom is 0.129 e. The van der Waals surface area contributed by atoms with E-state index < -0.39 is 6.10 Å². The lowest BCUT2D eigenvalue weighted by molar-refractivity contribution is -0.0142. The summed E-state index contributed by atoms with van der Waals surface area (Å²) in [6, 6.07) is 4.07. The topological polar surface area (TPSA) is 69.3 Å². The summed E-state index contributed by atoms with van der Waals surface area (Å²) in [4.78, 5) is 4.55. The quantitative estimate of drug-likeness (QED) is 0.730. The molecule has 0 aromatic carbocycles. The van der Waals surface area contributed by atoms with E-state index in [2.05, 4.69) is 16.7 Å². The third kappa shape index (κ3) is 5.70. The molecule has 0 aliphatic carbocycles. The molecule has 0 radical (unpaired) electrons. The first kappa shape index (κ1) is 17.4. The van der Waals surface area contributed by atoms with Gasteiger partial charge in [0, 0.05) is 38.8 Å². The second-order valence-electron chi connectivity index (χ2n) is 6.20. The fourth-order valence-electron chi connectivity index (χ4n) is 2.89. The molecular weight excluding hydrogens is 284 g/mol. The molecule has 2 rings (SSSR count). The van der Waals surface area contributed by atoms with Crippen molar-refractivity contribution in [2.24, 2.45) is 0 Å². The van der Waals surface area contributed by atoms with E-state index in [0.29, 0.717) is 32.3 Å². The van der Waals surface area contributed by atoms with E-state index in [-0.39, 0.29) is 6.10 Å². The van der Waals surface area contributed by atoms with Crippen molar-refractivity contribution in [2.45, 2.75) is 38.7 Å². The zero-order valence-electron chi connectivity index (χ0n) is 13.5. The van der Waals surface area contributed by atoms with Crippen LogP contribution in [0, 0.1) is 0 Å². The zero-order chi connectivity index (χ0) is 15.9. The number of furan rings is 1. The first-order chi connectivity index (χ1) is 10.5. The van der Waals surface area contributed by atoms with Gasteiger partial charge in [0.1, 0.15) is 12.4 Å². The third-order valence-electron chi connectivity index (χ3n) is 3.95. The number of rotatable bonds is 8. The van der Waals surface area contributed by atoms with Crippen LogP contribution in [0.2, 0.25) is 0 Å². The van der Waals surface area contributed by atoms with E-state index in [4.69, 9.17) is 9.15 Å². The Kier molecular flexibility index (Phi) is 6.85. The summed E-state index contributed by atoms with van der Waals surface area (Å²) >= 11 is 0. The number of aliphatic hydroxyl groups excluding tert-OH is 2. The van der Waals surface area contributed by atoms with Crippen molar-refractivity contribution in [3.05, 3.63) is 24.2 Å². The predicted molar refractivity (Wildman–Crippen MR) is 83.5 cm³/mol. The van der Waals surface area contributed by atoms with Gasteiger partial charge >= 0.3 is 0 Å². The van der Waals surface area contributed by atoms with E-state index in [9.17, 15) is 10.2 Å². The molecule has 1 aliphatic rings. The summed E-state index contributed by atoms with van der Waals surface area (Å²) in [5, 5.41) is 19.6. The van der Waals surface area contributed by atoms with Gasteiger partial charge in [-0.15, -0.1) is 0 Å². The van der Waals surface area contributed by atoms with E-state index in [1.54, 1.807) is 6.26 Å². The molecule has 0 saturated carbocycles. The first-order valence-corrected chi connectivity index (χ1v) is 7.97. The van der Waals surface area contributed by atoms with Crippen molar-refractivity contribution in [1.29, 1.82) is 0 Å². The minimum absolute atomic E-state index is 0.297. The Morgan fingerprint density at radius 2 is 2.18 bits per heavy atom. The number of hydrogen-bond acceptors (Lipinski definition) is 6. The second kappa shape index (κ2) is 8.64. The van der Waals surface area contributed by atoms with Gasteiger partial charge in [-0.1, -0.05) is 0 Å². The number of β-amino-alcohol motifs (C(OH)–C–C–N with tert-alkyl or cyclic N) is 2. The highest BCUT2D eigenvalue weighted by molar-refractivity contribution is 4.96. The fourth-order valence-corrected chi connectivity index (χ4v) is 2.89. The van der Waals surface area contributed by atoms with Gasteiger partial charge in [0.25, 0.3) is 0 Å². The van der Waals surface area contributed by atoms with Crippen LogP contribution in [0.4, 0.5) is 0 Å². The van der Waals surface area contributed by atoms with E-state index >= 15 is 0 Å². The van der Waals surface area contributed by atoms with Crippen LogP contribution in [-0.4, -0.2) is 77.6 Å². The SMILES string of the molecule is CC(O)CN1CCN(CC(O)COCc2ccco2)CC1C. The summed E-state index contributed by atoms with van der Waals surface area (Å²) in [5.74, 6) is 0.771. The number of piperazine rings is 1. The van der Waals surface area contributed by atoms with Crippen LogP contribution in [0.15, 0.2) is 22.8 Å².